The molecule has 1 aliphatic rings. The maximum Gasteiger partial charge on any atom is 0.125 e. The summed E-state index contributed by atoms with van der Waals surface area (Å²) in [7, 11) is 0. The lowest BCUT2D eigenvalue weighted by Crippen LogP contribution is -2.22. The van der Waals surface area contributed by atoms with Crippen LogP contribution in [-0.2, 0) is 13.0 Å². The summed E-state index contributed by atoms with van der Waals surface area (Å²) in [6, 6.07) is 4.01. The lowest BCUT2D eigenvalue weighted by molar-refractivity contribution is 0.644. The molecule has 1 aliphatic heterocycles. The first-order valence-electron chi connectivity index (χ1n) is 5.03. The van der Waals surface area contributed by atoms with Crippen molar-refractivity contribution in [2.75, 3.05) is 6.54 Å². The molecular weight excluding hydrogens is 206 g/mol. The van der Waals surface area contributed by atoms with E-state index in [1.807, 2.05) is 12.3 Å². The second-order valence-electron chi connectivity index (χ2n) is 3.56. The first-order valence-corrected chi connectivity index (χ1v) is 5.85. The van der Waals surface area contributed by atoms with Gasteiger partial charge in [-0.25, -0.2) is 4.98 Å². The zero-order valence-electron chi connectivity index (χ0n) is 8.23. The molecule has 3 heterocycles. The van der Waals surface area contributed by atoms with E-state index in [9.17, 15) is 0 Å². The first kappa shape index (κ1) is 9.00. The third-order valence-corrected chi connectivity index (χ3v) is 3.66. The average Bonchev–Trinajstić information content (AvgIpc) is 2.74. The minimum Gasteiger partial charge on any atom is -0.311 e. The fourth-order valence-corrected chi connectivity index (χ4v) is 2.81. The molecule has 3 nitrogen and oxygen atoms in total. The number of hydrogen-bond acceptors (Lipinski definition) is 4. The zero-order valence-corrected chi connectivity index (χ0v) is 9.05. The van der Waals surface area contributed by atoms with Gasteiger partial charge in [0.05, 0.1) is 5.69 Å². The van der Waals surface area contributed by atoms with Crippen LogP contribution in [-0.4, -0.2) is 16.5 Å². The minimum atomic E-state index is 0.966. The van der Waals surface area contributed by atoms with Crippen molar-refractivity contribution in [1.29, 1.82) is 0 Å². The van der Waals surface area contributed by atoms with Gasteiger partial charge in [0.2, 0.25) is 0 Å². The van der Waals surface area contributed by atoms with Gasteiger partial charge in [-0.2, -0.15) is 0 Å². The Kier molecular flexibility index (Phi) is 2.23. The smallest absolute Gasteiger partial charge is 0.125 e. The van der Waals surface area contributed by atoms with Gasteiger partial charge in [-0.15, -0.1) is 11.3 Å². The van der Waals surface area contributed by atoms with E-state index < -0.39 is 0 Å². The first-order chi connectivity index (χ1) is 7.43. The number of nitrogens with one attached hydrogen (secondary N) is 1. The van der Waals surface area contributed by atoms with Gasteiger partial charge in [-0.3, -0.25) is 4.98 Å². The summed E-state index contributed by atoms with van der Waals surface area (Å²) in [5.41, 5.74) is 2.38. The monoisotopic (exact) mass is 217 g/mol. The van der Waals surface area contributed by atoms with E-state index in [1.54, 1.807) is 17.5 Å². The number of nitrogens with zero attached hydrogens (tertiary/aromatic N) is 2. The van der Waals surface area contributed by atoms with Gasteiger partial charge in [-0.1, -0.05) is 0 Å². The zero-order chi connectivity index (χ0) is 10.1. The van der Waals surface area contributed by atoms with Crippen LogP contribution in [0.15, 0.2) is 24.5 Å². The molecule has 0 spiro atoms. The molecule has 0 amide bonds. The van der Waals surface area contributed by atoms with Gasteiger partial charge in [0.1, 0.15) is 5.01 Å². The van der Waals surface area contributed by atoms with Crippen LogP contribution in [0.2, 0.25) is 0 Å². The van der Waals surface area contributed by atoms with Crippen molar-refractivity contribution in [3.63, 3.8) is 0 Å². The molecule has 15 heavy (non-hydrogen) atoms. The molecular formula is C11H11N3S. The van der Waals surface area contributed by atoms with Crippen molar-refractivity contribution in [3.05, 3.63) is 35.1 Å². The Morgan fingerprint density at radius 3 is 3.20 bits per heavy atom. The Bertz CT molecular complexity index is 440. The minimum absolute atomic E-state index is 0.966. The Morgan fingerprint density at radius 1 is 1.40 bits per heavy atom. The van der Waals surface area contributed by atoms with Crippen molar-refractivity contribution >= 4 is 11.3 Å². The van der Waals surface area contributed by atoms with Crippen LogP contribution in [0.4, 0.5) is 0 Å². The topological polar surface area (TPSA) is 37.8 Å². The molecule has 76 valence electrons. The van der Waals surface area contributed by atoms with Crippen LogP contribution in [0.5, 0.6) is 0 Å². The van der Waals surface area contributed by atoms with Gasteiger partial charge in [0.15, 0.2) is 0 Å². The standard InChI is InChI=1S/C11H11N3S/c1-2-8(6-12-4-1)11-14-9-3-5-13-7-10(9)15-11/h1-2,4,6,13H,3,5,7H2. The second-order valence-corrected chi connectivity index (χ2v) is 4.64. The van der Waals surface area contributed by atoms with Crippen LogP contribution in [0.3, 0.4) is 0 Å². The fraction of sp³-hybridized carbons (Fsp3) is 0.273. The van der Waals surface area contributed by atoms with Crippen LogP contribution < -0.4 is 5.32 Å². The third-order valence-electron chi connectivity index (χ3n) is 2.51. The van der Waals surface area contributed by atoms with Crippen LogP contribution >= 0.6 is 11.3 Å². The molecule has 2 aromatic rings. The molecule has 2 aromatic heterocycles. The molecule has 3 rings (SSSR count). The van der Waals surface area contributed by atoms with Crippen molar-refractivity contribution in [3.8, 4) is 10.6 Å². The molecule has 0 saturated heterocycles. The number of aromatic nitrogens is 2. The van der Waals surface area contributed by atoms with Crippen LogP contribution in [0.1, 0.15) is 10.6 Å². The summed E-state index contributed by atoms with van der Waals surface area (Å²) in [5.74, 6) is 0. The lowest BCUT2D eigenvalue weighted by atomic mass is 10.2. The molecule has 4 heteroatoms. The maximum absolute atomic E-state index is 4.66. The highest BCUT2D eigenvalue weighted by atomic mass is 32.1. The summed E-state index contributed by atoms with van der Waals surface area (Å²) < 4.78 is 0. The normalized spacial score (nSPS) is 14.9. The highest BCUT2D eigenvalue weighted by Crippen LogP contribution is 2.28. The van der Waals surface area contributed by atoms with Gasteiger partial charge in [0.25, 0.3) is 0 Å². The molecule has 0 fully saturated rings. The van der Waals surface area contributed by atoms with E-state index in [2.05, 4.69) is 21.4 Å². The third kappa shape index (κ3) is 1.66. The Balaban J connectivity index is 2.03. The molecule has 0 aromatic carbocycles. The Morgan fingerprint density at radius 2 is 2.40 bits per heavy atom. The van der Waals surface area contributed by atoms with Crippen molar-refractivity contribution in [2.24, 2.45) is 0 Å². The largest absolute Gasteiger partial charge is 0.311 e. The quantitative estimate of drug-likeness (QED) is 0.792. The number of rotatable bonds is 1. The molecule has 0 aliphatic carbocycles. The fourth-order valence-electron chi connectivity index (χ4n) is 1.74. The van der Waals surface area contributed by atoms with E-state index in [1.165, 1.54) is 10.6 Å². The van der Waals surface area contributed by atoms with Crippen LogP contribution in [0, 0.1) is 0 Å². The molecule has 0 saturated carbocycles. The summed E-state index contributed by atoms with van der Waals surface area (Å²) in [6.45, 7) is 2.01. The molecule has 0 atom stereocenters. The van der Waals surface area contributed by atoms with Gasteiger partial charge in [0, 0.05) is 42.3 Å². The van der Waals surface area contributed by atoms with E-state index in [0.29, 0.717) is 0 Å². The van der Waals surface area contributed by atoms with Gasteiger partial charge >= 0.3 is 0 Å². The second kappa shape index (κ2) is 3.72. The molecule has 0 bridgehead atoms. The van der Waals surface area contributed by atoms with E-state index >= 15 is 0 Å². The predicted octanol–water partition coefficient (Wildman–Crippen LogP) is 1.85. The average molecular weight is 217 g/mol. The molecule has 0 unspecified atom stereocenters. The van der Waals surface area contributed by atoms with Gasteiger partial charge < -0.3 is 5.32 Å². The number of pyridine rings is 1. The highest BCUT2D eigenvalue weighted by Gasteiger charge is 2.15. The van der Waals surface area contributed by atoms with Gasteiger partial charge in [-0.05, 0) is 12.1 Å². The number of thiazole rings is 1. The van der Waals surface area contributed by atoms with E-state index in [4.69, 9.17) is 0 Å². The molecule has 1 N–H and O–H groups in total. The van der Waals surface area contributed by atoms with Crippen molar-refractivity contribution < 1.29 is 0 Å². The van der Waals surface area contributed by atoms with Crippen molar-refractivity contribution in [2.45, 2.75) is 13.0 Å². The summed E-state index contributed by atoms with van der Waals surface area (Å²) in [5, 5.41) is 4.45. The summed E-state index contributed by atoms with van der Waals surface area (Å²) >= 11 is 1.77. The predicted molar refractivity (Wildman–Crippen MR) is 60.8 cm³/mol. The van der Waals surface area contributed by atoms with Crippen molar-refractivity contribution in [1.82, 2.24) is 15.3 Å². The molecule has 0 radical (unpaired) electrons. The summed E-state index contributed by atoms with van der Waals surface area (Å²) in [6.07, 6.45) is 4.71. The maximum atomic E-state index is 4.66. The number of fused-ring (bicyclic) bond motifs is 1. The number of hydrogen-bond donors (Lipinski definition) is 1. The summed E-state index contributed by atoms with van der Waals surface area (Å²) in [4.78, 5) is 10.2. The van der Waals surface area contributed by atoms with E-state index in [0.717, 1.165) is 30.1 Å². The lowest BCUT2D eigenvalue weighted by Gasteiger charge is -2.09. The highest BCUT2D eigenvalue weighted by molar-refractivity contribution is 7.15. The van der Waals surface area contributed by atoms with Crippen LogP contribution in [0.25, 0.3) is 10.6 Å². The van der Waals surface area contributed by atoms with E-state index in [-0.39, 0.29) is 0 Å². The Labute approximate surface area is 92.2 Å². The SMILES string of the molecule is c1cncc(-c2nc3c(s2)CNCC3)c1. The Hall–Kier alpha value is -1.26.